The average molecular weight is 232 g/mol. The minimum Gasteiger partial charge on any atom is -0.200 e. The Labute approximate surface area is 91.3 Å². The summed E-state index contributed by atoms with van der Waals surface area (Å²) in [6.07, 6.45) is -0.460. The summed E-state index contributed by atoms with van der Waals surface area (Å²) in [5.74, 6) is -9.18. The van der Waals surface area contributed by atoms with Gasteiger partial charge in [-0.05, 0) is 18.4 Å². The molecule has 2 rings (SSSR count). The van der Waals surface area contributed by atoms with E-state index in [2.05, 4.69) is 0 Å². The summed E-state index contributed by atoms with van der Waals surface area (Å²) in [5, 5.41) is 0. The molecule has 0 amide bonds. The van der Waals surface area contributed by atoms with Crippen LogP contribution in [0.15, 0.2) is 30.3 Å². The lowest BCUT2D eigenvalue weighted by Gasteiger charge is -2.37. The number of hydrogen-bond acceptors (Lipinski definition) is 0. The quantitative estimate of drug-likeness (QED) is 0.636. The molecule has 0 bridgehead atoms. The Balaban J connectivity index is 2.35. The van der Waals surface area contributed by atoms with Crippen molar-refractivity contribution in [3.63, 3.8) is 0 Å². The van der Waals surface area contributed by atoms with E-state index >= 15 is 0 Å². The zero-order valence-electron chi connectivity index (χ0n) is 8.60. The highest BCUT2D eigenvalue weighted by atomic mass is 19.3. The Hall–Kier alpha value is -1.06. The van der Waals surface area contributed by atoms with Crippen LogP contribution in [0.3, 0.4) is 0 Å². The molecular formula is C12H12F4. The van der Waals surface area contributed by atoms with Crippen molar-refractivity contribution in [2.45, 2.75) is 37.0 Å². The van der Waals surface area contributed by atoms with Crippen LogP contribution < -0.4 is 0 Å². The third-order valence-electron chi connectivity index (χ3n) is 3.11. The lowest BCUT2D eigenvalue weighted by molar-refractivity contribution is -0.239. The molecule has 0 radical (unpaired) electrons. The van der Waals surface area contributed by atoms with Gasteiger partial charge in [-0.2, -0.15) is 17.6 Å². The van der Waals surface area contributed by atoms with Crippen LogP contribution in [-0.4, -0.2) is 11.8 Å². The molecule has 1 aromatic rings. The van der Waals surface area contributed by atoms with Gasteiger partial charge in [0.1, 0.15) is 0 Å². The maximum absolute atomic E-state index is 13.6. The van der Waals surface area contributed by atoms with Gasteiger partial charge in [-0.3, -0.25) is 0 Å². The number of hydrogen-bond donors (Lipinski definition) is 0. The fourth-order valence-electron chi connectivity index (χ4n) is 2.19. The summed E-state index contributed by atoms with van der Waals surface area (Å²) in [6.45, 7) is 0. The maximum atomic E-state index is 13.6. The van der Waals surface area contributed by atoms with Crippen molar-refractivity contribution in [2.75, 3.05) is 0 Å². The van der Waals surface area contributed by atoms with Gasteiger partial charge in [-0.25, -0.2) is 0 Å². The third-order valence-corrected chi connectivity index (χ3v) is 3.11. The summed E-state index contributed by atoms with van der Waals surface area (Å²) in [6, 6.07) is 7.85. The predicted octanol–water partition coefficient (Wildman–Crippen LogP) is 4.22. The normalized spacial score (nSPS) is 27.6. The average Bonchev–Trinajstić information content (AvgIpc) is 2.23. The molecule has 1 atom stereocenters. The molecule has 0 nitrogen and oxygen atoms in total. The summed E-state index contributed by atoms with van der Waals surface area (Å²) in [7, 11) is 0. The zero-order chi connectivity index (χ0) is 11.8. The smallest absolute Gasteiger partial charge is 0.200 e. The second-order valence-electron chi connectivity index (χ2n) is 4.18. The van der Waals surface area contributed by atoms with E-state index in [0.717, 1.165) is 0 Å². The van der Waals surface area contributed by atoms with Crippen molar-refractivity contribution < 1.29 is 17.6 Å². The van der Waals surface area contributed by atoms with Crippen molar-refractivity contribution in [1.29, 1.82) is 0 Å². The van der Waals surface area contributed by atoms with E-state index in [4.69, 9.17) is 0 Å². The van der Waals surface area contributed by atoms with Crippen molar-refractivity contribution in [1.82, 2.24) is 0 Å². The van der Waals surface area contributed by atoms with Gasteiger partial charge in [0.25, 0.3) is 0 Å². The van der Waals surface area contributed by atoms with E-state index in [1.165, 1.54) is 12.1 Å². The Bertz CT molecular complexity index is 359. The minimum atomic E-state index is -3.94. The maximum Gasteiger partial charge on any atom is 0.316 e. The molecule has 0 saturated heterocycles. The van der Waals surface area contributed by atoms with E-state index in [9.17, 15) is 17.6 Å². The van der Waals surface area contributed by atoms with Gasteiger partial charge in [0.05, 0.1) is 5.92 Å². The molecular weight excluding hydrogens is 220 g/mol. The van der Waals surface area contributed by atoms with Crippen molar-refractivity contribution in [2.24, 2.45) is 0 Å². The van der Waals surface area contributed by atoms with E-state index < -0.39 is 24.2 Å². The number of benzene rings is 1. The molecule has 0 aromatic heterocycles. The molecule has 1 aliphatic carbocycles. The second kappa shape index (κ2) is 3.75. The van der Waals surface area contributed by atoms with Crippen LogP contribution >= 0.6 is 0 Å². The van der Waals surface area contributed by atoms with E-state index in [1.54, 1.807) is 18.2 Å². The predicted molar refractivity (Wildman–Crippen MR) is 52.9 cm³/mol. The molecule has 1 aromatic carbocycles. The highest BCUT2D eigenvalue weighted by Gasteiger charge is 2.62. The first-order valence-electron chi connectivity index (χ1n) is 5.26. The van der Waals surface area contributed by atoms with Crippen LogP contribution in [0.2, 0.25) is 0 Å². The van der Waals surface area contributed by atoms with Crippen LogP contribution in [0, 0.1) is 0 Å². The molecule has 1 fully saturated rings. The Morgan fingerprint density at radius 2 is 1.62 bits per heavy atom. The number of rotatable bonds is 1. The molecule has 4 heteroatoms. The zero-order valence-corrected chi connectivity index (χ0v) is 8.60. The number of alkyl halides is 4. The SMILES string of the molecule is FC1(F)CCCC(c2ccccc2)C1(F)F. The van der Waals surface area contributed by atoms with E-state index in [0.29, 0.717) is 5.56 Å². The molecule has 0 spiro atoms. The highest BCUT2D eigenvalue weighted by Crippen LogP contribution is 2.52. The largest absolute Gasteiger partial charge is 0.316 e. The number of halogens is 4. The molecule has 0 heterocycles. The van der Waals surface area contributed by atoms with E-state index in [-0.39, 0.29) is 12.8 Å². The molecule has 88 valence electrons. The van der Waals surface area contributed by atoms with Gasteiger partial charge >= 0.3 is 11.8 Å². The Morgan fingerprint density at radius 3 is 2.25 bits per heavy atom. The summed E-state index contributed by atoms with van der Waals surface area (Å²) >= 11 is 0. The fraction of sp³-hybridized carbons (Fsp3) is 0.500. The van der Waals surface area contributed by atoms with Crippen LogP contribution in [0.4, 0.5) is 17.6 Å². The van der Waals surface area contributed by atoms with Crippen LogP contribution in [0.5, 0.6) is 0 Å². The van der Waals surface area contributed by atoms with E-state index in [1.807, 2.05) is 0 Å². The third kappa shape index (κ3) is 1.70. The monoisotopic (exact) mass is 232 g/mol. The summed E-state index contributed by atoms with van der Waals surface area (Å²) in [5.41, 5.74) is 0.298. The molecule has 0 N–H and O–H groups in total. The van der Waals surface area contributed by atoms with Gasteiger partial charge in [-0.1, -0.05) is 30.3 Å². The molecule has 1 aliphatic rings. The van der Waals surface area contributed by atoms with Crippen molar-refractivity contribution in [3.05, 3.63) is 35.9 Å². The van der Waals surface area contributed by atoms with Gasteiger partial charge in [0.15, 0.2) is 0 Å². The first-order valence-corrected chi connectivity index (χ1v) is 5.26. The van der Waals surface area contributed by atoms with Crippen molar-refractivity contribution in [3.8, 4) is 0 Å². The second-order valence-corrected chi connectivity index (χ2v) is 4.18. The van der Waals surface area contributed by atoms with Gasteiger partial charge in [0.2, 0.25) is 0 Å². The fourth-order valence-corrected chi connectivity index (χ4v) is 2.19. The molecule has 0 aliphatic heterocycles. The Morgan fingerprint density at radius 1 is 1.00 bits per heavy atom. The van der Waals surface area contributed by atoms with Crippen LogP contribution in [0.1, 0.15) is 30.7 Å². The molecule has 1 saturated carbocycles. The lowest BCUT2D eigenvalue weighted by Crippen LogP contribution is -2.48. The van der Waals surface area contributed by atoms with Gasteiger partial charge < -0.3 is 0 Å². The first-order chi connectivity index (χ1) is 7.45. The topological polar surface area (TPSA) is 0 Å². The standard InChI is InChI=1S/C12H12F4/c13-11(14)8-4-7-10(12(11,15)16)9-5-2-1-3-6-9/h1-3,5-6,10H,4,7-8H2. The van der Waals surface area contributed by atoms with Gasteiger partial charge in [-0.15, -0.1) is 0 Å². The van der Waals surface area contributed by atoms with Crippen LogP contribution in [0.25, 0.3) is 0 Å². The van der Waals surface area contributed by atoms with Crippen molar-refractivity contribution >= 4 is 0 Å². The molecule has 16 heavy (non-hydrogen) atoms. The molecule has 1 unspecified atom stereocenters. The first kappa shape index (κ1) is 11.4. The summed E-state index contributed by atoms with van der Waals surface area (Å²) in [4.78, 5) is 0. The van der Waals surface area contributed by atoms with Gasteiger partial charge in [0, 0.05) is 6.42 Å². The Kier molecular flexibility index (Phi) is 2.68. The lowest BCUT2D eigenvalue weighted by atomic mass is 9.78. The highest BCUT2D eigenvalue weighted by molar-refractivity contribution is 5.24. The minimum absolute atomic E-state index is 0.118. The summed E-state index contributed by atoms with van der Waals surface area (Å²) < 4.78 is 53.5. The van der Waals surface area contributed by atoms with Crippen LogP contribution in [-0.2, 0) is 0 Å².